The molecular formula is C21H19Cl2N3O3S. The van der Waals surface area contributed by atoms with Crippen LogP contribution >= 0.6 is 35.4 Å². The van der Waals surface area contributed by atoms with Crippen LogP contribution < -0.4 is 0 Å². The third-order valence-electron chi connectivity index (χ3n) is 4.88. The van der Waals surface area contributed by atoms with Crippen molar-refractivity contribution in [1.82, 2.24) is 9.80 Å². The van der Waals surface area contributed by atoms with Crippen LogP contribution in [0.2, 0.25) is 10.0 Å². The van der Waals surface area contributed by atoms with Crippen LogP contribution in [0.5, 0.6) is 0 Å². The Bertz CT molecular complexity index is 1030. The number of carboxylic acids is 1. The molecule has 2 amide bonds. The van der Waals surface area contributed by atoms with Gasteiger partial charge >= 0.3 is 12.0 Å². The number of benzene rings is 2. The fourth-order valence-electron chi connectivity index (χ4n) is 3.46. The minimum Gasteiger partial charge on any atom is -0.481 e. The summed E-state index contributed by atoms with van der Waals surface area (Å²) in [5, 5.41) is 10.3. The molecule has 0 radical (unpaired) electrons. The Balaban J connectivity index is 2.07. The summed E-state index contributed by atoms with van der Waals surface area (Å²) in [6.45, 7) is 1.89. The lowest BCUT2D eigenvalue weighted by atomic mass is 9.87. The second-order valence-electron chi connectivity index (χ2n) is 6.93. The van der Waals surface area contributed by atoms with E-state index in [1.807, 2.05) is 30.3 Å². The first kappa shape index (κ1) is 22.2. The standard InChI is InChI=1S/C21H19Cl2N3O3S/c1-12-16(19(27)28)18(14-9-6-10-15(22)17(14)23)26(20(30)24-12)21(29)25(2)11-13-7-4-3-5-8-13/h3-10,16,18H,11H2,1-2H3,(H,27,28). The smallest absolute Gasteiger partial charge is 0.326 e. The molecule has 2 aromatic rings. The van der Waals surface area contributed by atoms with Gasteiger partial charge in [-0.3, -0.25) is 9.69 Å². The van der Waals surface area contributed by atoms with Crippen LogP contribution in [0.3, 0.4) is 0 Å². The summed E-state index contributed by atoms with van der Waals surface area (Å²) >= 11 is 18.0. The zero-order valence-electron chi connectivity index (χ0n) is 16.3. The molecule has 0 bridgehead atoms. The quantitative estimate of drug-likeness (QED) is 0.643. The third kappa shape index (κ3) is 4.33. The number of amides is 2. The summed E-state index contributed by atoms with van der Waals surface area (Å²) < 4.78 is 0. The fourth-order valence-corrected chi connectivity index (χ4v) is 4.22. The highest BCUT2D eigenvalue weighted by Crippen LogP contribution is 2.40. The number of thiocarbonyl (C=S) groups is 1. The van der Waals surface area contributed by atoms with E-state index < -0.39 is 24.0 Å². The minimum atomic E-state index is -1.14. The molecule has 1 N–H and O–H groups in total. The SMILES string of the molecule is CC1=NC(=S)N(C(=O)N(C)Cc2ccccc2)C(c2cccc(Cl)c2Cl)C1C(=O)O. The largest absolute Gasteiger partial charge is 0.481 e. The van der Waals surface area contributed by atoms with E-state index in [1.54, 1.807) is 32.2 Å². The molecule has 0 saturated heterocycles. The molecule has 2 atom stereocenters. The van der Waals surface area contributed by atoms with Gasteiger partial charge in [0.1, 0.15) is 5.92 Å². The number of hydrogen-bond donors (Lipinski definition) is 1. The van der Waals surface area contributed by atoms with Gasteiger partial charge in [-0.15, -0.1) is 0 Å². The maximum atomic E-state index is 13.4. The summed E-state index contributed by atoms with van der Waals surface area (Å²) in [5.74, 6) is -2.26. The Kier molecular flexibility index (Phi) is 6.75. The molecule has 2 aromatic carbocycles. The number of carbonyl (C=O) groups is 2. The molecule has 9 heteroatoms. The Hall–Kier alpha value is -2.48. The van der Waals surface area contributed by atoms with Gasteiger partial charge in [0.05, 0.1) is 16.1 Å². The third-order valence-corrected chi connectivity index (χ3v) is 6.00. The lowest BCUT2D eigenvalue weighted by Gasteiger charge is -2.40. The molecule has 1 aliphatic rings. The molecular weight excluding hydrogens is 445 g/mol. The Morgan fingerprint density at radius 1 is 1.17 bits per heavy atom. The molecule has 1 heterocycles. The number of urea groups is 1. The van der Waals surface area contributed by atoms with Crippen molar-refractivity contribution in [2.75, 3.05) is 7.05 Å². The highest BCUT2D eigenvalue weighted by molar-refractivity contribution is 7.80. The van der Waals surface area contributed by atoms with E-state index in [-0.39, 0.29) is 15.2 Å². The number of halogens is 2. The average Bonchev–Trinajstić information content (AvgIpc) is 2.69. The molecule has 156 valence electrons. The van der Waals surface area contributed by atoms with Crippen molar-refractivity contribution in [3.05, 3.63) is 69.7 Å². The number of aliphatic carboxylic acids is 1. The maximum Gasteiger partial charge on any atom is 0.326 e. The van der Waals surface area contributed by atoms with Crippen molar-refractivity contribution in [3.63, 3.8) is 0 Å². The molecule has 0 saturated carbocycles. The molecule has 6 nitrogen and oxygen atoms in total. The molecule has 30 heavy (non-hydrogen) atoms. The Labute approximate surface area is 189 Å². The molecule has 0 fully saturated rings. The van der Waals surface area contributed by atoms with E-state index in [4.69, 9.17) is 35.4 Å². The highest BCUT2D eigenvalue weighted by atomic mass is 35.5. The van der Waals surface area contributed by atoms with E-state index in [9.17, 15) is 14.7 Å². The number of nitrogens with zero attached hydrogens (tertiary/aromatic N) is 3. The molecule has 3 rings (SSSR count). The second-order valence-corrected chi connectivity index (χ2v) is 8.08. The Morgan fingerprint density at radius 2 is 1.83 bits per heavy atom. The number of carbonyl (C=O) groups excluding carboxylic acids is 1. The van der Waals surface area contributed by atoms with Gasteiger partial charge in [0.25, 0.3) is 0 Å². The number of rotatable bonds is 4. The summed E-state index contributed by atoms with van der Waals surface area (Å²) in [6.07, 6.45) is 0. The van der Waals surface area contributed by atoms with Crippen molar-refractivity contribution < 1.29 is 14.7 Å². The summed E-state index contributed by atoms with van der Waals surface area (Å²) in [6, 6.07) is 12.9. The first-order valence-electron chi connectivity index (χ1n) is 9.06. The van der Waals surface area contributed by atoms with Gasteiger partial charge in [-0.1, -0.05) is 65.7 Å². The monoisotopic (exact) mass is 463 g/mol. The average molecular weight is 464 g/mol. The van der Waals surface area contributed by atoms with Gasteiger partial charge in [0.2, 0.25) is 5.11 Å². The van der Waals surface area contributed by atoms with E-state index in [2.05, 4.69) is 4.99 Å². The van der Waals surface area contributed by atoms with Crippen molar-refractivity contribution in [1.29, 1.82) is 0 Å². The van der Waals surface area contributed by atoms with Crippen LogP contribution in [0, 0.1) is 5.92 Å². The Morgan fingerprint density at radius 3 is 2.47 bits per heavy atom. The van der Waals surface area contributed by atoms with E-state index >= 15 is 0 Å². The van der Waals surface area contributed by atoms with E-state index in [0.29, 0.717) is 17.8 Å². The van der Waals surface area contributed by atoms with E-state index in [0.717, 1.165) is 5.56 Å². The lowest BCUT2D eigenvalue weighted by molar-refractivity contribution is -0.140. The van der Waals surface area contributed by atoms with Crippen molar-refractivity contribution in [3.8, 4) is 0 Å². The number of hydrogen-bond acceptors (Lipinski definition) is 3. The van der Waals surface area contributed by atoms with Crippen LogP contribution in [0.4, 0.5) is 4.79 Å². The maximum absolute atomic E-state index is 13.4. The first-order chi connectivity index (χ1) is 14.2. The van der Waals surface area contributed by atoms with Crippen molar-refractivity contribution in [2.45, 2.75) is 19.5 Å². The van der Waals surface area contributed by atoms with Gasteiger partial charge < -0.3 is 10.0 Å². The predicted molar refractivity (Wildman–Crippen MR) is 121 cm³/mol. The summed E-state index contributed by atoms with van der Waals surface area (Å²) in [5.41, 5.74) is 1.61. The number of carboxylic acid groups (broad SMARTS) is 1. The molecule has 0 aromatic heterocycles. The topological polar surface area (TPSA) is 73.2 Å². The molecule has 0 aliphatic carbocycles. The lowest BCUT2D eigenvalue weighted by Crippen LogP contribution is -2.52. The predicted octanol–water partition coefficient (Wildman–Crippen LogP) is 5.05. The van der Waals surface area contributed by atoms with Crippen molar-refractivity contribution in [2.24, 2.45) is 10.9 Å². The molecule has 0 spiro atoms. The zero-order chi connectivity index (χ0) is 22.0. The number of aliphatic imine (C=N–C) groups is 1. The van der Waals surface area contributed by atoms with Gasteiger partial charge in [-0.25, -0.2) is 9.79 Å². The van der Waals surface area contributed by atoms with Gasteiger partial charge in [-0.2, -0.15) is 0 Å². The van der Waals surface area contributed by atoms with Gasteiger partial charge in [0, 0.05) is 19.3 Å². The fraction of sp³-hybridized carbons (Fsp3) is 0.238. The minimum absolute atomic E-state index is 0.0176. The summed E-state index contributed by atoms with van der Waals surface area (Å²) in [4.78, 5) is 32.4. The highest BCUT2D eigenvalue weighted by Gasteiger charge is 2.45. The van der Waals surface area contributed by atoms with Gasteiger partial charge in [-0.05, 0) is 36.3 Å². The van der Waals surface area contributed by atoms with Crippen LogP contribution in [0.15, 0.2) is 53.5 Å². The molecule has 2 unspecified atom stereocenters. The first-order valence-corrected chi connectivity index (χ1v) is 10.2. The normalized spacial score (nSPS) is 18.7. The van der Waals surface area contributed by atoms with Crippen LogP contribution in [0.1, 0.15) is 24.1 Å². The zero-order valence-corrected chi connectivity index (χ0v) is 18.6. The van der Waals surface area contributed by atoms with Crippen LogP contribution in [-0.2, 0) is 11.3 Å². The summed E-state index contributed by atoms with van der Waals surface area (Å²) in [7, 11) is 1.62. The van der Waals surface area contributed by atoms with Crippen LogP contribution in [0.25, 0.3) is 0 Å². The molecule has 1 aliphatic heterocycles. The van der Waals surface area contributed by atoms with Crippen LogP contribution in [-0.4, -0.2) is 44.8 Å². The second kappa shape index (κ2) is 9.12. The van der Waals surface area contributed by atoms with Gasteiger partial charge in [0.15, 0.2) is 0 Å². The van der Waals surface area contributed by atoms with Crippen molar-refractivity contribution >= 4 is 58.2 Å². The van der Waals surface area contributed by atoms with E-state index in [1.165, 1.54) is 9.80 Å².